The first-order valence-electron chi connectivity index (χ1n) is 4.03. The molecule has 0 amide bonds. The van der Waals surface area contributed by atoms with Gasteiger partial charge in [-0.3, -0.25) is 0 Å². The van der Waals surface area contributed by atoms with Gasteiger partial charge in [-0.1, -0.05) is 0 Å². The van der Waals surface area contributed by atoms with E-state index in [0.29, 0.717) is 0 Å². The molecule has 4 nitrogen and oxygen atoms in total. The maximum Gasteiger partial charge on any atom is 0.133 e. The fourth-order valence-corrected chi connectivity index (χ4v) is 1.49. The van der Waals surface area contributed by atoms with E-state index in [4.69, 9.17) is 9.68 Å². The molecule has 14 heavy (non-hydrogen) atoms. The molecule has 0 saturated heterocycles. The summed E-state index contributed by atoms with van der Waals surface area (Å²) < 4.78 is 5.88. The number of hydrogen-bond donors (Lipinski definition) is 1. The summed E-state index contributed by atoms with van der Waals surface area (Å²) in [5.41, 5.74) is 3.55. The zero-order valence-corrected chi connectivity index (χ0v) is 9.11. The Kier molecular flexibility index (Phi) is 2.60. The number of hydroxylamine groups is 2. The van der Waals surface area contributed by atoms with E-state index in [1.165, 1.54) is 0 Å². The first-order chi connectivity index (χ1) is 6.81. The third-order valence-corrected chi connectivity index (χ3v) is 2.37. The average Bonchev–Trinajstić information content (AvgIpc) is 2.65. The standard InChI is InChI=1S/C9H9BrN2O2/c1-13-8-4-2-7(3-5-8)12-9(10)6-11-14-12/h2-6,11H,1H3. The van der Waals surface area contributed by atoms with Crippen molar-refractivity contribution in [2.75, 3.05) is 12.2 Å². The van der Waals surface area contributed by atoms with Gasteiger partial charge in [0.05, 0.1) is 19.0 Å². The zero-order chi connectivity index (χ0) is 9.97. The number of halogens is 1. The van der Waals surface area contributed by atoms with E-state index in [1.54, 1.807) is 18.4 Å². The number of rotatable bonds is 2. The molecule has 1 aliphatic rings. The molecule has 0 fully saturated rings. The Labute approximate surface area is 90.1 Å². The summed E-state index contributed by atoms with van der Waals surface area (Å²) in [5.74, 6) is 0.820. The molecule has 0 unspecified atom stereocenters. The number of benzene rings is 1. The van der Waals surface area contributed by atoms with Gasteiger partial charge in [-0.15, -0.1) is 0 Å². The Morgan fingerprint density at radius 3 is 2.57 bits per heavy atom. The van der Waals surface area contributed by atoms with Gasteiger partial charge in [-0.25, -0.2) is 5.48 Å². The molecule has 5 heteroatoms. The number of nitrogens with one attached hydrogen (secondary N) is 1. The van der Waals surface area contributed by atoms with Gasteiger partial charge in [0.2, 0.25) is 0 Å². The lowest BCUT2D eigenvalue weighted by molar-refractivity contribution is 0.0882. The van der Waals surface area contributed by atoms with Gasteiger partial charge < -0.3 is 4.74 Å². The molecule has 1 heterocycles. The first kappa shape index (κ1) is 9.36. The molecule has 1 aromatic carbocycles. The van der Waals surface area contributed by atoms with Crippen molar-refractivity contribution in [3.63, 3.8) is 0 Å². The summed E-state index contributed by atoms with van der Waals surface area (Å²) in [7, 11) is 1.64. The van der Waals surface area contributed by atoms with Gasteiger partial charge >= 0.3 is 0 Å². The van der Waals surface area contributed by atoms with Crippen LogP contribution >= 0.6 is 15.9 Å². The van der Waals surface area contributed by atoms with Crippen LogP contribution in [0.15, 0.2) is 35.1 Å². The minimum atomic E-state index is 0.820. The molecule has 1 aromatic rings. The van der Waals surface area contributed by atoms with E-state index in [2.05, 4.69) is 21.4 Å². The lowest BCUT2D eigenvalue weighted by Gasteiger charge is -2.15. The molecule has 0 radical (unpaired) electrons. The van der Waals surface area contributed by atoms with Crippen molar-refractivity contribution in [3.05, 3.63) is 35.1 Å². The molecule has 0 atom stereocenters. The molecule has 0 spiro atoms. The monoisotopic (exact) mass is 256 g/mol. The minimum absolute atomic E-state index is 0.820. The fourth-order valence-electron chi connectivity index (χ4n) is 1.12. The lowest BCUT2D eigenvalue weighted by atomic mass is 10.3. The topological polar surface area (TPSA) is 33.7 Å². The van der Waals surface area contributed by atoms with Gasteiger partial charge in [-0.2, -0.15) is 10.0 Å². The van der Waals surface area contributed by atoms with Crippen LogP contribution in [0, 0.1) is 0 Å². The molecule has 0 bridgehead atoms. The number of nitrogens with zero attached hydrogens (tertiary/aromatic N) is 1. The predicted molar refractivity (Wildman–Crippen MR) is 56.7 cm³/mol. The van der Waals surface area contributed by atoms with Gasteiger partial charge in [-0.05, 0) is 40.2 Å². The second-order valence-electron chi connectivity index (χ2n) is 2.67. The van der Waals surface area contributed by atoms with Crippen LogP contribution in [-0.4, -0.2) is 7.11 Å². The SMILES string of the molecule is COc1ccc(N2ONC=C2Br)cc1. The summed E-state index contributed by atoms with van der Waals surface area (Å²) in [5, 5.41) is 1.62. The second-order valence-corrected chi connectivity index (χ2v) is 3.48. The Morgan fingerprint density at radius 2 is 2.07 bits per heavy atom. The third kappa shape index (κ3) is 1.69. The lowest BCUT2D eigenvalue weighted by Crippen LogP contribution is -2.17. The van der Waals surface area contributed by atoms with Crippen LogP contribution in [0.3, 0.4) is 0 Å². The summed E-state index contributed by atoms with van der Waals surface area (Å²) >= 11 is 3.35. The maximum absolute atomic E-state index is 5.13. The molecule has 0 aliphatic carbocycles. The zero-order valence-electron chi connectivity index (χ0n) is 7.53. The molecule has 1 N–H and O–H groups in total. The second kappa shape index (κ2) is 3.89. The normalized spacial score (nSPS) is 15.0. The van der Waals surface area contributed by atoms with Crippen LogP contribution in [-0.2, 0) is 4.94 Å². The van der Waals surface area contributed by atoms with E-state index in [9.17, 15) is 0 Å². The van der Waals surface area contributed by atoms with Crippen LogP contribution in [0.4, 0.5) is 5.69 Å². The third-order valence-electron chi connectivity index (χ3n) is 1.82. The van der Waals surface area contributed by atoms with E-state index in [0.717, 1.165) is 16.0 Å². The van der Waals surface area contributed by atoms with Crippen LogP contribution in [0.25, 0.3) is 0 Å². The molecule has 1 aliphatic heterocycles. The van der Waals surface area contributed by atoms with Crippen LogP contribution < -0.4 is 15.3 Å². The van der Waals surface area contributed by atoms with Crippen molar-refractivity contribution >= 4 is 21.6 Å². The quantitative estimate of drug-likeness (QED) is 0.823. The Hall–Kier alpha value is -1.20. The number of anilines is 1. The number of ether oxygens (including phenoxy) is 1. The summed E-state index contributed by atoms with van der Waals surface area (Å²) in [6.45, 7) is 0. The molecule has 74 valence electrons. The highest BCUT2D eigenvalue weighted by Crippen LogP contribution is 2.26. The Bertz CT molecular complexity index is 350. The van der Waals surface area contributed by atoms with Gasteiger partial charge in [0.15, 0.2) is 0 Å². The smallest absolute Gasteiger partial charge is 0.133 e. The van der Waals surface area contributed by atoms with Gasteiger partial charge in [0, 0.05) is 0 Å². The van der Waals surface area contributed by atoms with Crippen molar-refractivity contribution in [3.8, 4) is 5.75 Å². The van der Waals surface area contributed by atoms with Crippen LogP contribution in [0.5, 0.6) is 5.75 Å². The number of hydrogen-bond acceptors (Lipinski definition) is 4. The highest BCUT2D eigenvalue weighted by atomic mass is 79.9. The van der Waals surface area contributed by atoms with Crippen molar-refractivity contribution in [2.24, 2.45) is 0 Å². The predicted octanol–water partition coefficient (Wildman–Crippen LogP) is 2.15. The fraction of sp³-hybridized carbons (Fsp3) is 0.111. The van der Waals surface area contributed by atoms with E-state index < -0.39 is 0 Å². The van der Waals surface area contributed by atoms with Crippen LogP contribution in [0.2, 0.25) is 0 Å². The molecule has 0 saturated carbocycles. The molecular formula is C9H9BrN2O2. The largest absolute Gasteiger partial charge is 0.497 e. The average molecular weight is 257 g/mol. The molecule has 0 aromatic heterocycles. The van der Waals surface area contributed by atoms with Crippen molar-refractivity contribution in [2.45, 2.75) is 0 Å². The van der Waals surface area contributed by atoms with Gasteiger partial charge in [0.25, 0.3) is 0 Å². The van der Waals surface area contributed by atoms with E-state index >= 15 is 0 Å². The highest BCUT2D eigenvalue weighted by Gasteiger charge is 2.15. The van der Waals surface area contributed by atoms with Crippen LogP contribution in [0.1, 0.15) is 0 Å². The highest BCUT2D eigenvalue weighted by molar-refractivity contribution is 9.11. The van der Waals surface area contributed by atoms with Crippen molar-refractivity contribution < 1.29 is 9.68 Å². The Morgan fingerprint density at radius 1 is 1.36 bits per heavy atom. The Balaban J connectivity index is 2.21. The summed E-state index contributed by atoms with van der Waals surface area (Å²) in [6.07, 6.45) is 1.71. The summed E-state index contributed by atoms with van der Waals surface area (Å²) in [4.78, 5) is 5.13. The first-order valence-corrected chi connectivity index (χ1v) is 4.83. The van der Waals surface area contributed by atoms with E-state index in [1.807, 2.05) is 24.3 Å². The van der Waals surface area contributed by atoms with Crippen molar-refractivity contribution in [1.82, 2.24) is 5.48 Å². The van der Waals surface area contributed by atoms with E-state index in [-0.39, 0.29) is 0 Å². The van der Waals surface area contributed by atoms with Crippen molar-refractivity contribution in [1.29, 1.82) is 0 Å². The molecule has 2 rings (SSSR count). The number of methoxy groups -OCH3 is 1. The summed E-state index contributed by atoms with van der Waals surface area (Å²) in [6, 6.07) is 7.55. The maximum atomic E-state index is 5.13. The molecular weight excluding hydrogens is 248 g/mol. The minimum Gasteiger partial charge on any atom is -0.497 e. The van der Waals surface area contributed by atoms with Gasteiger partial charge in [0.1, 0.15) is 10.4 Å².